The highest BCUT2D eigenvalue weighted by molar-refractivity contribution is 8.14. The van der Waals surface area contributed by atoms with Crippen LogP contribution in [0, 0.1) is 0 Å². The molecule has 2 N–H and O–H groups in total. The Labute approximate surface area is 74.5 Å². The van der Waals surface area contributed by atoms with Crippen LogP contribution in [0.15, 0.2) is 34.3 Å². The molecule has 0 fully saturated rings. The van der Waals surface area contributed by atoms with Gasteiger partial charge < -0.3 is 5.11 Å². The zero-order valence-electron chi connectivity index (χ0n) is 6.32. The summed E-state index contributed by atoms with van der Waals surface area (Å²) >= 11 is 1.49. The van der Waals surface area contributed by atoms with E-state index >= 15 is 0 Å². The first-order valence-electron chi connectivity index (χ1n) is 3.60. The molecule has 3 nitrogen and oxygen atoms in total. The highest BCUT2D eigenvalue weighted by Crippen LogP contribution is 2.31. The SMILES string of the molecule is OCC1=NNc2ccccc2S1. The van der Waals surface area contributed by atoms with Gasteiger partial charge in [-0.3, -0.25) is 5.43 Å². The molecule has 0 aliphatic carbocycles. The molecule has 0 unspecified atom stereocenters. The Morgan fingerprint density at radius 1 is 1.42 bits per heavy atom. The van der Waals surface area contributed by atoms with Crippen LogP contribution >= 0.6 is 11.8 Å². The molecule has 1 aliphatic rings. The van der Waals surface area contributed by atoms with Crippen LogP contribution in [-0.2, 0) is 0 Å². The predicted octanol–water partition coefficient (Wildman–Crippen LogP) is 1.51. The van der Waals surface area contributed by atoms with Crippen molar-refractivity contribution in [2.45, 2.75) is 4.90 Å². The fraction of sp³-hybridized carbons (Fsp3) is 0.125. The van der Waals surface area contributed by atoms with E-state index in [0.717, 1.165) is 10.6 Å². The van der Waals surface area contributed by atoms with E-state index < -0.39 is 0 Å². The molecule has 1 heterocycles. The molecule has 1 aromatic carbocycles. The molecule has 0 radical (unpaired) electrons. The number of aliphatic hydroxyl groups excluding tert-OH is 1. The zero-order valence-corrected chi connectivity index (χ0v) is 7.14. The van der Waals surface area contributed by atoms with Crippen molar-refractivity contribution in [3.05, 3.63) is 24.3 Å². The number of benzene rings is 1. The van der Waals surface area contributed by atoms with Gasteiger partial charge in [-0.2, -0.15) is 5.10 Å². The summed E-state index contributed by atoms with van der Waals surface area (Å²) in [6.07, 6.45) is 0. The average molecular weight is 180 g/mol. The average Bonchev–Trinajstić information content (AvgIpc) is 2.17. The first-order chi connectivity index (χ1) is 5.90. The van der Waals surface area contributed by atoms with Crippen LogP contribution in [0.1, 0.15) is 0 Å². The number of hydrazone groups is 1. The highest BCUT2D eigenvalue weighted by atomic mass is 32.2. The van der Waals surface area contributed by atoms with E-state index in [1.54, 1.807) is 0 Å². The third-order valence-corrected chi connectivity index (χ3v) is 2.58. The number of para-hydroxylation sites is 1. The molecule has 1 aromatic rings. The lowest BCUT2D eigenvalue weighted by atomic mass is 10.3. The Hall–Kier alpha value is -1.00. The maximum Gasteiger partial charge on any atom is 0.124 e. The van der Waals surface area contributed by atoms with Gasteiger partial charge in [-0.05, 0) is 12.1 Å². The standard InChI is InChI=1S/C8H8N2OS/c11-5-8-10-9-6-3-1-2-4-7(6)12-8/h1-4,9,11H,5H2. The molecule has 0 bridgehead atoms. The van der Waals surface area contributed by atoms with Crippen LogP contribution in [0.25, 0.3) is 0 Å². The van der Waals surface area contributed by atoms with Crippen molar-refractivity contribution >= 4 is 22.5 Å². The van der Waals surface area contributed by atoms with Gasteiger partial charge in [-0.15, -0.1) is 0 Å². The lowest BCUT2D eigenvalue weighted by Gasteiger charge is -2.14. The number of hydrogen-bond acceptors (Lipinski definition) is 4. The second-order valence-electron chi connectivity index (χ2n) is 2.37. The minimum atomic E-state index is -0.00794. The van der Waals surface area contributed by atoms with Crippen molar-refractivity contribution < 1.29 is 5.11 Å². The predicted molar refractivity (Wildman–Crippen MR) is 50.4 cm³/mol. The summed E-state index contributed by atoms with van der Waals surface area (Å²) in [4.78, 5) is 1.11. The van der Waals surface area contributed by atoms with Crippen molar-refractivity contribution in [3.63, 3.8) is 0 Å². The number of nitrogens with zero attached hydrogens (tertiary/aromatic N) is 1. The van der Waals surface area contributed by atoms with Crippen molar-refractivity contribution in [3.8, 4) is 0 Å². The van der Waals surface area contributed by atoms with Gasteiger partial charge in [0, 0.05) is 4.90 Å². The monoisotopic (exact) mass is 180 g/mol. The van der Waals surface area contributed by atoms with E-state index in [1.807, 2.05) is 24.3 Å². The van der Waals surface area contributed by atoms with E-state index in [4.69, 9.17) is 5.11 Å². The quantitative estimate of drug-likeness (QED) is 0.688. The first-order valence-corrected chi connectivity index (χ1v) is 4.42. The van der Waals surface area contributed by atoms with E-state index in [-0.39, 0.29) is 6.61 Å². The molecule has 0 amide bonds. The summed E-state index contributed by atoms with van der Waals surface area (Å²) in [5, 5.41) is 13.5. The van der Waals surface area contributed by atoms with Gasteiger partial charge in [0.2, 0.25) is 0 Å². The molecule has 2 rings (SSSR count). The third-order valence-electron chi connectivity index (χ3n) is 1.55. The number of thioether (sulfide) groups is 1. The second-order valence-corrected chi connectivity index (χ2v) is 3.49. The van der Waals surface area contributed by atoms with Gasteiger partial charge in [-0.25, -0.2) is 0 Å². The van der Waals surface area contributed by atoms with Crippen LogP contribution in [0.4, 0.5) is 5.69 Å². The summed E-state index contributed by atoms with van der Waals surface area (Å²) in [6.45, 7) is -0.00794. The topological polar surface area (TPSA) is 44.6 Å². The van der Waals surface area contributed by atoms with E-state index in [1.165, 1.54) is 11.8 Å². The first kappa shape index (κ1) is 7.64. The van der Waals surface area contributed by atoms with E-state index in [2.05, 4.69) is 10.5 Å². The molecule has 0 saturated carbocycles. The van der Waals surface area contributed by atoms with E-state index in [9.17, 15) is 0 Å². The lowest BCUT2D eigenvalue weighted by Crippen LogP contribution is -2.08. The van der Waals surface area contributed by atoms with Gasteiger partial charge in [0.25, 0.3) is 0 Å². The largest absolute Gasteiger partial charge is 0.389 e. The Bertz CT molecular complexity index is 325. The summed E-state index contributed by atoms with van der Waals surface area (Å²) in [6, 6.07) is 7.87. The van der Waals surface area contributed by atoms with Crippen molar-refractivity contribution in [1.82, 2.24) is 0 Å². The van der Waals surface area contributed by atoms with Gasteiger partial charge in [-0.1, -0.05) is 23.9 Å². The molecule has 0 saturated heterocycles. The molecule has 1 aliphatic heterocycles. The van der Waals surface area contributed by atoms with Crippen LogP contribution in [0.2, 0.25) is 0 Å². The molecule has 4 heteroatoms. The van der Waals surface area contributed by atoms with Gasteiger partial charge in [0.05, 0.1) is 12.3 Å². The van der Waals surface area contributed by atoms with E-state index in [0.29, 0.717) is 5.04 Å². The molecule has 12 heavy (non-hydrogen) atoms. The number of rotatable bonds is 1. The Morgan fingerprint density at radius 2 is 2.25 bits per heavy atom. The van der Waals surface area contributed by atoms with Crippen LogP contribution in [-0.4, -0.2) is 16.8 Å². The Morgan fingerprint density at radius 3 is 3.08 bits per heavy atom. The van der Waals surface area contributed by atoms with Crippen molar-refractivity contribution in [1.29, 1.82) is 0 Å². The molecule has 0 aromatic heterocycles. The minimum Gasteiger partial charge on any atom is -0.389 e. The van der Waals surface area contributed by atoms with Crippen molar-refractivity contribution in [2.24, 2.45) is 5.10 Å². The number of anilines is 1. The fourth-order valence-corrected chi connectivity index (χ4v) is 1.77. The number of nitrogens with one attached hydrogen (secondary N) is 1. The summed E-state index contributed by atoms with van der Waals surface area (Å²) in [5.41, 5.74) is 3.87. The third kappa shape index (κ3) is 1.31. The Kier molecular flexibility index (Phi) is 2.01. The number of fused-ring (bicyclic) bond motifs is 1. The molecule has 62 valence electrons. The maximum absolute atomic E-state index is 8.82. The maximum atomic E-state index is 8.82. The summed E-state index contributed by atoms with van der Waals surface area (Å²) < 4.78 is 0. The zero-order chi connectivity index (χ0) is 8.39. The van der Waals surface area contributed by atoms with Crippen LogP contribution in [0.3, 0.4) is 0 Å². The van der Waals surface area contributed by atoms with Gasteiger partial charge in [0.15, 0.2) is 0 Å². The summed E-state index contributed by atoms with van der Waals surface area (Å²) in [5.74, 6) is 0. The van der Waals surface area contributed by atoms with Crippen LogP contribution < -0.4 is 5.43 Å². The molecular weight excluding hydrogens is 172 g/mol. The highest BCUT2D eigenvalue weighted by Gasteiger charge is 2.10. The minimum absolute atomic E-state index is 0.00794. The number of aliphatic hydroxyl groups is 1. The van der Waals surface area contributed by atoms with Crippen molar-refractivity contribution in [2.75, 3.05) is 12.0 Å². The summed E-state index contributed by atoms with van der Waals surface area (Å²) in [7, 11) is 0. The van der Waals surface area contributed by atoms with Gasteiger partial charge in [0.1, 0.15) is 5.04 Å². The molecule has 0 atom stereocenters. The fourth-order valence-electron chi connectivity index (χ4n) is 0.988. The number of hydrogen-bond donors (Lipinski definition) is 2. The second kappa shape index (κ2) is 3.16. The molecular formula is C8H8N2OS. The van der Waals surface area contributed by atoms with Crippen LogP contribution in [0.5, 0.6) is 0 Å². The lowest BCUT2D eigenvalue weighted by molar-refractivity contribution is 0.360. The normalized spacial score (nSPS) is 14.6. The smallest absolute Gasteiger partial charge is 0.124 e. The Balaban J connectivity index is 2.31. The van der Waals surface area contributed by atoms with Gasteiger partial charge >= 0.3 is 0 Å². The molecule has 0 spiro atoms.